The first kappa shape index (κ1) is 14.0. The Bertz CT molecular complexity index is 356. The number of carboxylic acid groups (broad SMARTS) is 1. The van der Waals surface area contributed by atoms with E-state index in [0.29, 0.717) is 6.42 Å². The van der Waals surface area contributed by atoms with Crippen LogP contribution in [-0.4, -0.2) is 39.4 Å². The molecule has 0 aliphatic carbocycles. The predicted octanol–water partition coefficient (Wildman–Crippen LogP) is 2.43. The Kier molecular flexibility index (Phi) is 4.54. The second-order valence-electron chi connectivity index (χ2n) is 5.00. The first-order chi connectivity index (χ1) is 7.86. The molecule has 1 aromatic rings. The first-order valence-corrected chi connectivity index (χ1v) is 6.44. The van der Waals surface area contributed by atoms with Crippen LogP contribution in [0.2, 0.25) is 0 Å². The van der Waals surface area contributed by atoms with E-state index >= 15 is 0 Å². The summed E-state index contributed by atoms with van der Waals surface area (Å²) in [5, 5.41) is 22.6. The molecule has 0 radical (unpaired) electrons. The molecule has 2 N–H and O–H groups in total. The number of amides is 1. The number of rotatable bonds is 4. The molecule has 5 heteroatoms. The lowest BCUT2D eigenvalue weighted by Crippen LogP contribution is -2.53. The van der Waals surface area contributed by atoms with Crippen molar-refractivity contribution in [3.8, 4) is 0 Å². The van der Waals surface area contributed by atoms with Crippen molar-refractivity contribution in [2.24, 2.45) is 0 Å². The molecule has 0 saturated heterocycles. The molecule has 1 amide bonds. The van der Waals surface area contributed by atoms with Gasteiger partial charge in [-0.25, -0.2) is 4.79 Å². The fourth-order valence-corrected chi connectivity index (χ4v) is 2.59. The van der Waals surface area contributed by atoms with Crippen molar-refractivity contribution in [3.05, 3.63) is 22.4 Å². The summed E-state index contributed by atoms with van der Waals surface area (Å²) in [4.78, 5) is 12.6. The van der Waals surface area contributed by atoms with Gasteiger partial charge in [0.25, 0.3) is 0 Å². The Hall–Kier alpha value is -1.07. The molecule has 1 aromatic heterocycles. The van der Waals surface area contributed by atoms with Gasteiger partial charge in [0.2, 0.25) is 0 Å². The van der Waals surface area contributed by atoms with Gasteiger partial charge in [0.05, 0.1) is 12.6 Å². The van der Waals surface area contributed by atoms with Crippen molar-refractivity contribution in [2.75, 3.05) is 6.61 Å². The third-order valence-electron chi connectivity index (χ3n) is 2.56. The fraction of sp³-hybridized carbons (Fsp3) is 0.583. The second kappa shape index (κ2) is 5.51. The van der Waals surface area contributed by atoms with Crippen LogP contribution in [0.4, 0.5) is 4.79 Å². The van der Waals surface area contributed by atoms with Crippen LogP contribution in [0, 0.1) is 0 Å². The number of hydrogen-bond donors (Lipinski definition) is 2. The summed E-state index contributed by atoms with van der Waals surface area (Å²) in [6.07, 6.45) is -0.449. The van der Waals surface area contributed by atoms with Crippen molar-refractivity contribution < 1.29 is 15.0 Å². The highest BCUT2D eigenvalue weighted by molar-refractivity contribution is 7.07. The lowest BCUT2D eigenvalue weighted by Gasteiger charge is -2.38. The molecule has 1 atom stereocenters. The maximum atomic E-state index is 11.3. The standard InChI is InChI=1S/C12H19NO3S/c1-12(2,3)13(11(15)16)10(7-14)6-9-4-5-17-8-9/h4-5,8,10,14H,6-7H2,1-3H3,(H,15,16)/t10-/m1/s1. The monoisotopic (exact) mass is 257 g/mol. The molecule has 0 bridgehead atoms. The number of nitrogens with zero attached hydrogens (tertiary/aromatic N) is 1. The molecule has 0 aromatic carbocycles. The lowest BCUT2D eigenvalue weighted by atomic mass is 10.0. The first-order valence-electron chi connectivity index (χ1n) is 5.50. The number of hydrogen-bond acceptors (Lipinski definition) is 3. The summed E-state index contributed by atoms with van der Waals surface area (Å²) in [5.74, 6) is 0. The van der Waals surface area contributed by atoms with Crippen molar-refractivity contribution in [2.45, 2.75) is 38.8 Å². The molecule has 1 heterocycles. The average molecular weight is 257 g/mol. The van der Waals surface area contributed by atoms with Gasteiger partial charge in [0.15, 0.2) is 0 Å². The molecule has 0 unspecified atom stereocenters. The van der Waals surface area contributed by atoms with Gasteiger partial charge < -0.3 is 10.2 Å². The second-order valence-corrected chi connectivity index (χ2v) is 5.78. The molecule has 4 nitrogen and oxygen atoms in total. The molecule has 0 fully saturated rings. The normalized spacial score (nSPS) is 13.4. The number of aliphatic hydroxyl groups excluding tert-OH is 1. The number of carbonyl (C=O) groups is 1. The van der Waals surface area contributed by atoms with E-state index in [4.69, 9.17) is 0 Å². The van der Waals surface area contributed by atoms with Crippen molar-refractivity contribution in [1.82, 2.24) is 4.90 Å². The molecule has 0 saturated carbocycles. The van der Waals surface area contributed by atoms with Gasteiger partial charge in [-0.2, -0.15) is 11.3 Å². The van der Waals surface area contributed by atoms with Crippen LogP contribution in [0.3, 0.4) is 0 Å². The molecule has 1 rings (SSSR count). The van der Waals surface area contributed by atoms with Crippen LogP contribution >= 0.6 is 11.3 Å². The molecule has 17 heavy (non-hydrogen) atoms. The van der Waals surface area contributed by atoms with E-state index in [-0.39, 0.29) is 6.61 Å². The van der Waals surface area contributed by atoms with E-state index in [9.17, 15) is 15.0 Å². The van der Waals surface area contributed by atoms with Crippen LogP contribution in [-0.2, 0) is 6.42 Å². The predicted molar refractivity (Wildman–Crippen MR) is 68.5 cm³/mol. The van der Waals surface area contributed by atoms with Crippen LogP contribution in [0.1, 0.15) is 26.3 Å². The minimum absolute atomic E-state index is 0.167. The minimum Gasteiger partial charge on any atom is -0.465 e. The zero-order chi connectivity index (χ0) is 13.1. The Morgan fingerprint density at radius 2 is 2.18 bits per heavy atom. The molecule has 0 aliphatic heterocycles. The molecule has 0 aliphatic rings. The highest BCUT2D eigenvalue weighted by Gasteiger charge is 2.32. The van der Waals surface area contributed by atoms with Gasteiger partial charge in [-0.1, -0.05) is 0 Å². The van der Waals surface area contributed by atoms with Gasteiger partial charge in [-0.05, 0) is 49.6 Å². The van der Waals surface area contributed by atoms with Crippen LogP contribution < -0.4 is 0 Å². The lowest BCUT2D eigenvalue weighted by molar-refractivity contribution is 0.0465. The Morgan fingerprint density at radius 3 is 2.53 bits per heavy atom. The quantitative estimate of drug-likeness (QED) is 0.871. The summed E-state index contributed by atoms with van der Waals surface area (Å²) < 4.78 is 0. The molecule has 96 valence electrons. The number of thiophene rings is 1. The third-order valence-corrected chi connectivity index (χ3v) is 3.29. The zero-order valence-corrected chi connectivity index (χ0v) is 11.2. The summed E-state index contributed by atoms with van der Waals surface area (Å²) in [6.45, 7) is 5.33. The smallest absolute Gasteiger partial charge is 0.408 e. The van der Waals surface area contributed by atoms with Gasteiger partial charge in [0, 0.05) is 5.54 Å². The Morgan fingerprint density at radius 1 is 1.53 bits per heavy atom. The van der Waals surface area contributed by atoms with E-state index in [1.54, 1.807) is 11.3 Å². The molecular formula is C12H19NO3S. The Balaban J connectivity index is 2.86. The van der Waals surface area contributed by atoms with E-state index < -0.39 is 17.7 Å². The van der Waals surface area contributed by atoms with E-state index in [0.717, 1.165) is 5.56 Å². The van der Waals surface area contributed by atoms with Crippen molar-refractivity contribution >= 4 is 17.4 Å². The highest BCUT2D eigenvalue weighted by Crippen LogP contribution is 2.20. The SMILES string of the molecule is CC(C)(C)N(C(=O)O)[C@@H](CO)Cc1ccsc1. The summed E-state index contributed by atoms with van der Waals surface area (Å²) in [7, 11) is 0. The Labute approximate surface area is 106 Å². The van der Waals surface area contributed by atoms with Gasteiger partial charge in [0.1, 0.15) is 0 Å². The number of aliphatic hydroxyl groups is 1. The van der Waals surface area contributed by atoms with E-state index in [1.807, 2.05) is 37.6 Å². The minimum atomic E-state index is -0.994. The topological polar surface area (TPSA) is 60.8 Å². The molecular weight excluding hydrogens is 238 g/mol. The van der Waals surface area contributed by atoms with Crippen LogP contribution in [0.15, 0.2) is 16.8 Å². The fourth-order valence-electron chi connectivity index (χ4n) is 1.91. The molecule has 0 spiro atoms. The van der Waals surface area contributed by atoms with Crippen LogP contribution in [0.25, 0.3) is 0 Å². The van der Waals surface area contributed by atoms with Gasteiger partial charge in [-0.3, -0.25) is 4.90 Å². The summed E-state index contributed by atoms with van der Waals surface area (Å²) >= 11 is 1.57. The van der Waals surface area contributed by atoms with E-state index in [2.05, 4.69) is 0 Å². The average Bonchev–Trinajstić information content (AvgIpc) is 2.66. The maximum absolute atomic E-state index is 11.3. The van der Waals surface area contributed by atoms with Crippen LogP contribution in [0.5, 0.6) is 0 Å². The zero-order valence-electron chi connectivity index (χ0n) is 10.4. The summed E-state index contributed by atoms with van der Waals surface area (Å²) in [6, 6.07) is 1.55. The van der Waals surface area contributed by atoms with Gasteiger partial charge >= 0.3 is 6.09 Å². The maximum Gasteiger partial charge on any atom is 0.408 e. The van der Waals surface area contributed by atoms with Crippen molar-refractivity contribution in [1.29, 1.82) is 0 Å². The van der Waals surface area contributed by atoms with Gasteiger partial charge in [-0.15, -0.1) is 0 Å². The summed E-state index contributed by atoms with van der Waals surface area (Å²) in [5.41, 5.74) is 0.541. The third kappa shape index (κ3) is 3.71. The van der Waals surface area contributed by atoms with E-state index in [1.165, 1.54) is 4.90 Å². The largest absolute Gasteiger partial charge is 0.465 e. The highest BCUT2D eigenvalue weighted by atomic mass is 32.1. The van der Waals surface area contributed by atoms with Crippen molar-refractivity contribution in [3.63, 3.8) is 0 Å².